The van der Waals surface area contributed by atoms with Gasteiger partial charge in [-0.3, -0.25) is 0 Å². The number of benzene rings is 2. The molecule has 0 spiro atoms. The Labute approximate surface area is 187 Å². The molecule has 0 N–H and O–H groups in total. The van der Waals surface area contributed by atoms with Crippen LogP contribution in [-0.2, 0) is 0 Å². The van der Waals surface area contributed by atoms with E-state index in [0.717, 1.165) is 11.5 Å². The average molecular weight is 422 g/mol. The molecule has 1 aromatic heterocycles. The van der Waals surface area contributed by atoms with Crippen LogP contribution in [0, 0.1) is 10.8 Å². The molecule has 3 rings (SSSR count). The van der Waals surface area contributed by atoms with Crippen LogP contribution in [0.1, 0.15) is 64.8 Å². The van der Waals surface area contributed by atoms with Crippen LogP contribution in [0.2, 0.25) is 0 Å². The van der Waals surface area contributed by atoms with Gasteiger partial charge >= 0.3 is 0 Å². The Balaban J connectivity index is 2.14. The Morgan fingerprint density at radius 2 is 1.26 bits per heavy atom. The van der Waals surface area contributed by atoms with E-state index in [1.807, 2.05) is 24.3 Å². The van der Waals surface area contributed by atoms with Crippen molar-refractivity contribution in [1.29, 1.82) is 0 Å². The van der Waals surface area contributed by atoms with Crippen LogP contribution in [0.5, 0.6) is 11.5 Å². The minimum atomic E-state index is -0.00680. The van der Waals surface area contributed by atoms with Gasteiger partial charge in [0.1, 0.15) is 36.0 Å². The molecule has 4 nitrogen and oxygen atoms in total. The van der Waals surface area contributed by atoms with Gasteiger partial charge in [0.05, 0.1) is 14.2 Å². The fraction of sp³-hybridized carbons (Fsp3) is 0.444. The molecule has 0 radical (unpaired) electrons. The third kappa shape index (κ3) is 4.79. The van der Waals surface area contributed by atoms with Crippen molar-refractivity contribution in [3.05, 3.63) is 78.4 Å². The lowest BCUT2D eigenvalue weighted by Crippen LogP contribution is -2.46. The number of para-hydroxylation sites is 2. The number of hydrogen-bond acceptors (Lipinski definition) is 2. The summed E-state index contributed by atoms with van der Waals surface area (Å²) in [6.07, 6.45) is 6.58. The highest BCUT2D eigenvalue weighted by Gasteiger charge is 2.38. The Morgan fingerprint density at radius 1 is 0.742 bits per heavy atom. The van der Waals surface area contributed by atoms with Crippen molar-refractivity contribution in [2.24, 2.45) is 10.8 Å². The third-order valence-electron chi connectivity index (χ3n) is 5.78. The molecule has 0 aliphatic heterocycles. The molecular weight excluding hydrogens is 384 g/mol. The second kappa shape index (κ2) is 8.78. The lowest BCUT2D eigenvalue weighted by atomic mass is 9.81. The van der Waals surface area contributed by atoms with E-state index in [4.69, 9.17) is 9.47 Å². The smallest absolute Gasteiger partial charge is 0.244 e. The molecule has 166 valence electrons. The van der Waals surface area contributed by atoms with E-state index >= 15 is 0 Å². The summed E-state index contributed by atoms with van der Waals surface area (Å²) in [5.74, 6) is 1.83. The minimum absolute atomic E-state index is 0.00680. The van der Waals surface area contributed by atoms with Crippen LogP contribution in [0.15, 0.2) is 67.3 Å². The lowest BCUT2D eigenvalue weighted by Gasteiger charge is -2.30. The van der Waals surface area contributed by atoms with Crippen LogP contribution in [-0.4, -0.2) is 18.8 Å². The van der Waals surface area contributed by atoms with Crippen molar-refractivity contribution < 1.29 is 14.0 Å². The molecule has 0 unspecified atom stereocenters. The van der Waals surface area contributed by atoms with Crippen molar-refractivity contribution in [1.82, 2.24) is 4.57 Å². The molecule has 2 aromatic carbocycles. The molecule has 0 saturated heterocycles. The molecular formula is C27H37N2O2+. The first kappa shape index (κ1) is 22.9. The standard InChI is InChI=1S/C27H37N2O2/c1-26(2,3)24(20-13-9-11-15-22(20)30-7)28-17-18-29(19-28)25(27(4,5)6)21-14-10-12-16-23(21)31-8/h9-19,24-25H,1-8H3/q+1/t24-,25-/m0/s1. The van der Waals surface area contributed by atoms with E-state index < -0.39 is 0 Å². The van der Waals surface area contributed by atoms with Gasteiger partial charge in [-0.15, -0.1) is 0 Å². The van der Waals surface area contributed by atoms with Crippen molar-refractivity contribution in [3.8, 4) is 11.5 Å². The lowest BCUT2D eigenvalue weighted by molar-refractivity contribution is -0.725. The fourth-order valence-electron chi connectivity index (χ4n) is 4.62. The summed E-state index contributed by atoms with van der Waals surface area (Å²) < 4.78 is 16.1. The number of ether oxygens (including phenoxy) is 2. The van der Waals surface area contributed by atoms with Gasteiger partial charge in [0.2, 0.25) is 6.33 Å². The maximum Gasteiger partial charge on any atom is 0.244 e. The first-order valence-electron chi connectivity index (χ1n) is 10.9. The second-order valence-corrected chi connectivity index (χ2v) is 10.3. The predicted octanol–water partition coefficient (Wildman–Crippen LogP) is 6.06. The highest BCUT2D eigenvalue weighted by molar-refractivity contribution is 5.38. The zero-order valence-electron chi connectivity index (χ0n) is 20.2. The summed E-state index contributed by atoms with van der Waals surface area (Å²) in [5.41, 5.74) is 2.36. The van der Waals surface area contributed by atoms with Crippen molar-refractivity contribution in [2.75, 3.05) is 14.2 Å². The molecule has 31 heavy (non-hydrogen) atoms. The van der Waals surface area contributed by atoms with Gasteiger partial charge < -0.3 is 9.47 Å². The minimum Gasteiger partial charge on any atom is -0.496 e. The summed E-state index contributed by atoms with van der Waals surface area (Å²) >= 11 is 0. The number of imidazole rings is 1. The molecule has 4 heteroatoms. The maximum absolute atomic E-state index is 5.71. The highest BCUT2D eigenvalue weighted by Crippen LogP contribution is 2.41. The van der Waals surface area contributed by atoms with E-state index in [1.165, 1.54) is 11.1 Å². The van der Waals surface area contributed by atoms with Gasteiger partial charge in [0.15, 0.2) is 0 Å². The monoisotopic (exact) mass is 421 g/mol. The summed E-state index contributed by atoms with van der Waals surface area (Å²) in [7, 11) is 3.48. The quantitative estimate of drug-likeness (QED) is 0.452. The van der Waals surface area contributed by atoms with Crippen molar-refractivity contribution in [3.63, 3.8) is 0 Å². The fourth-order valence-corrected chi connectivity index (χ4v) is 4.62. The van der Waals surface area contributed by atoms with Crippen LogP contribution in [0.25, 0.3) is 0 Å². The summed E-state index contributed by atoms with van der Waals surface area (Å²) in [5, 5.41) is 0. The maximum atomic E-state index is 5.71. The normalized spacial score (nSPS) is 14.2. The Kier molecular flexibility index (Phi) is 6.49. The Hall–Kier alpha value is -2.75. The summed E-state index contributed by atoms with van der Waals surface area (Å²) in [6.45, 7) is 13.6. The molecule has 0 fully saturated rings. The molecule has 3 aromatic rings. The van der Waals surface area contributed by atoms with E-state index in [9.17, 15) is 0 Å². The van der Waals surface area contributed by atoms with Gasteiger partial charge in [-0.2, -0.15) is 0 Å². The molecule has 0 aliphatic carbocycles. The van der Waals surface area contributed by atoms with Gasteiger partial charge in [-0.05, 0) is 12.1 Å². The van der Waals surface area contributed by atoms with Gasteiger partial charge in [-0.25, -0.2) is 9.13 Å². The summed E-state index contributed by atoms with van der Waals surface area (Å²) in [6, 6.07) is 16.9. The SMILES string of the molecule is COc1ccccc1[C@H](n1cc[n+]([C@@H](c2ccccc2OC)C(C)(C)C)c1)C(C)(C)C. The Bertz CT molecular complexity index is 928. The van der Waals surface area contributed by atoms with Gasteiger partial charge in [-0.1, -0.05) is 77.9 Å². The van der Waals surface area contributed by atoms with Gasteiger partial charge in [0.25, 0.3) is 0 Å². The molecule has 0 amide bonds. The molecule has 0 bridgehead atoms. The molecule has 0 aliphatic rings. The first-order valence-corrected chi connectivity index (χ1v) is 10.9. The number of nitrogens with zero attached hydrogens (tertiary/aromatic N) is 2. The van der Waals surface area contributed by atoms with Crippen LogP contribution < -0.4 is 14.0 Å². The molecule has 2 atom stereocenters. The first-order chi connectivity index (χ1) is 14.6. The van der Waals surface area contributed by atoms with E-state index in [0.29, 0.717) is 0 Å². The topological polar surface area (TPSA) is 27.3 Å². The van der Waals surface area contributed by atoms with E-state index in [2.05, 4.69) is 93.7 Å². The molecule has 1 heterocycles. The zero-order chi connectivity index (χ0) is 22.8. The highest BCUT2D eigenvalue weighted by atomic mass is 16.5. The average Bonchev–Trinajstić information content (AvgIpc) is 3.15. The van der Waals surface area contributed by atoms with E-state index in [-0.39, 0.29) is 22.9 Å². The van der Waals surface area contributed by atoms with Gasteiger partial charge in [0, 0.05) is 22.0 Å². The van der Waals surface area contributed by atoms with Crippen LogP contribution in [0.3, 0.4) is 0 Å². The summed E-state index contributed by atoms with van der Waals surface area (Å²) in [4.78, 5) is 0. The zero-order valence-corrected chi connectivity index (χ0v) is 20.2. The van der Waals surface area contributed by atoms with Crippen molar-refractivity contribution >= 4 is 0 Å². The van der Waals surface area contributed by atoms with Crippen molar-refractivity contribution in [2.45, 2.75) is 53.6 Å². The van der Waals surface area contributed by atoms with Crippen LogP contribution in [0.4, 0.5) is 0 Å². The number of aromatic nitrogens is 2. The Morgan fingerprint density at radius 3 is 1.77 bits per heavy atom. The number of hydrogen-bond donors (Lipinski definition) is 0. The second-order valence-electron chi connectivity index (χ2n) is 10.3. The number of methoxy groups -OCH3 is 2. The predicted molar refractivity (Wildman–Crippen MR) is 126 cm³/mol. The van der Waals surface area contributed by atoms with Crippen LogP contribution >= 0.6 is 0 Å². The third-order valence-corrected chi connectivity index (χ3v) is 5.78. The largest absolute Gasteiger partial charge is 0.496 e. The molecule has 0 saturated carbocycles. The van der Waals surface area contributed by atoms with E-state index in [1.54, 1.807) is 14.2 Å². The number of rotatable bonds is 6.